The monoisotopic (exact) mass is 252 g/mol. The van der Waals surface area contributed by atoms with Crippen LogP contribution in [-0.2, 0) is 4.79 Å². The van der Waals surface area contributed by atoms with E-state index in [2.05, 4.69) is 6.92 Å². The van der Waals surface area contributed by atoms with Gasteiger partial charge >= 0.3 is 0 Å². The van der Waals surface area contributed by atoms with Crippen LogP contribution < -0.4 is 0 Å². The Labute approximate surface area is 109 Å². The van der Waals surface area contributed by atoms with E-state index in [0.717, 1.165) is 6.42 Å². The summed E-state index contributed by atoms with van der Waals surface area (Å²) >= 11 is 0. The number of allylic oxidation sites excluding steroid dienone is 1. The van der Waals surface area contributed by atoms with Crippen LogP contribution in [0.5, 0.6) is 0 Å². The molecule has 3 heteroatoms. The quantitative estimate of drug-likeness (QED) is 0.751. The van der Waals surface area contributed by atoms with Gasteiger partial charge in [0, 0.05) is 12.0 Å². The van der Waals surface area contributed by atoms with Crippen LogP contribution in [0.2, 0.25) is 0 Å². The third kappa shape index (κ3) is 1.94. The van der Waals surface area contributed by atoms with Crippen molar-refractivity contribution >= 4 is 5.78 Å². The number of carbonyl (C=O) groups excluding carboxylic acids is 1. The van der Waals surface area contributed by atoms with Gasteiger partial charge in [0.15, 0.2) is 5.78 Å². The summed E-state index contributed by atoms with van der Waals surface area (Å²) < 4.78 is 0. The minimum atomic E-state index is -1.13. The maximum absolute atomic E-state index is 12.2. The lowest BCUT2D eigenvalue weighted by molar-refractivity contribution is -0.115. The zero-order valence-corrected chi connectivity index (χ0v) is 11.9. The standard InChI is InChI=1S/C15H24O3/c1-8-6-10(16)11-9(8)7-14(2,3)13(17)12(11)15(4,5)18/h8-9,13,17-18H,6-7H2,1-5H3. The van der Waals surface area contributed by atoms with E-state index in [0.29, 0.717) is 23.5 Å². The number of aliphatic hydroxyl groups is 2. The average Bonchev–Trinajstić information content (AvgIpc) is 2.42. The van der Waals surface area contributed by atoms with Gasteiger partial charge in [0.1, 0.15) is 0 Å². The molecule has 1 fully saturated rings. The highest BCUT2D eigenvalue weighted by atomic mass is 16.3. The van der Waals surface area contributed by atoms with Crippen LogP contribution in [0.4, 0.5) is 0 Å². The lowest BCUT2D eigenvalue weighted by Crippen LogP contribution is -2.46. The van der Waals surface area contributed by atoms with Gasteiger partial charge in [-0.05, 0) is 43.1 Å². The number of hydrogen-bond donors (Lipinski definition) is 2. The van der Waals surface area contributed by atoms with E-state index in [4.69, 9.17) is 0 Å². The number of hydrogen-bond acceptors (Lipinski definition) is 3. The van der Waals surface area contributed by atoms with Crippen LogP contribution in [-0.4, -0.2) is 27.7 Å². The van der Waals surface area contributed by atoms with Crippen molar-refractivity contribution in [2.24, 2.45) is 17.3 Å². The normalized spacial score (nSPS) is 35.9. The fourth-order valence-corrected chi connectivity index (χ4v) is 3.57. The fourth-order valence-electron chi connectivity index (χ4n) is 3.57. The van der Waals surface area contributed by atoms with Gasteiger partial charge < -0.3 is 10.2 Å². The highest BCUT2D eigenvalue weighted by molar-refractivity contribution is 6.00. The molecule has 0 radical (unpaired) electrons. The lowest BCUT2D eigenvalue weighted by atomic mass is 9.63. The smallest absolute Gasteiger partial charge is 0.159 e. The number of aliphatic hydroxyl groups excluding tert-OH is 1. The summed E-state index contributed by atoms with van der Waals surface area (Å²) in [5, 5.41) is 20.8. The van der Waals surface area contributed by atoms with Crippen LogP contribution in [0.15, 0.2) is 11.1 Å². The molecule has 3 nitrogen and oxygen atoms in total. The Bertz CT molecular complexity index is 412. The van der Waals surface area contributed by atoms with Crippen LogP contribution >= 0.6 is 0 Å². The molecule has 0 aromatic carbocycles. The Hall–Kier alpha value is -0.670. The highest BCUT2D eigenvalue weighted by Crippen LogP contribution is 2.52. The molecule has 0 spiro atoms. The second-order valence-electron chi connectivity index (χ2n) is 7.19. The molecular formula is C15H24O3. The molecule has 2 aliphatic rings. The van der Waals surface area contributed by atoms with Crippen molar-refractivity contribution < 1.29 is 15.0 Å². The number of rotatable bonds is 1. The van der Waals surface area contributed by atoms with Crippen molar-refractivity contribution in [2.45, 2.75) is 59.2 Å². The molecule has 2 rings (SSSR count). The number of ketones is 1. The van der Waals surface area contributed by atoms with E-state index >= 15 is 0 Å². The van der Waals surface area contributed by atoms with Crippen LogP contribution in [0.1, 0.15) is 47.5 Å². The number of carbonyl (C=O) groups is 1. The van der Waals surface area contributed by atoms with E-state index in [-0.39, 0.29) is 17.1 Å². The number of fused-ring (bicyclic) bond motifs is 1. The molecule has 1 saturated carbocycles. The van der Waals surface area contributed by atoms with Gasteiger partial charge in [0.05, 0.1) is 11.7 Å². The van der Waals surface area contributed by atoms with E-state index in [9.17, 15) is 15.0 Å². The maximum atomic E-state index is 12.2. The second-order valence-corrected chi connectivity index (χ2v) is 7.19. The molecule has 3 atom stereocenters. The van der Waals surface area contributed by atoms with Gasteiger partial charge in [0.25, 0.3) is 0 Å². The fraction of sp³-hybridized carbons (Fsp3) is 0.800. The summed E-state index contributed by atoms with van der Waals surface area (Å²) in [4.78, 5) is 12.2. The van der Waals surface area contributed by atoms with Crippen LogP contribution in [0.3, 0.4) is 0 Å². The topological polar surface area (TPSA) is 57.5 Å². The zero-order chi connectivity index (χ0) is 13.9. The van der Waals surface area contributed by atoms with E-state index in [1.54, 1.807) is 13.8 Å². The van der Waals surface area contributed by atoms with Gasteiger partial charge in [0.2, 0.25) is 0 Å². The molecule has 0 bridgehead atoms. The lowest BCUT2D eigenvalue weighted by Gasteiger charge is -2.44. The third-order valence-electron chi connectivity index (χ3n) is 4.57. The molecule has 18 heavy (non-hydrogen) atoms. The summed E-state index contributed by atoms with van der Waals surface area (Å²) in [5.41, 5.74) is -0.160. The average molecular weight is 252 g/mol. The molecule has 0 amide bonds. The summed E-state index contributed by atoms with van der Waals surface area (Å²) in [5.74, 6) is 0.619. The van der Waals surface area contributed by atoms with Gasteiger partial charge in [-0.1, -0.05) is 20.8 Å². The second kappa shape index (κ2) is 3.91. The first-order valence-corrected chi connectivity index (χ1v) is 6.74. The largest absolute Gasteiger partial charge is 0.388 e. The zero-order valence-electron chi connectivity index (χ0n) is 11.9. The van der Waals surface area contributed by atoms with Gasteiger partial charge in [-0.15, -0.1) is 0 Å². The molecular weight excluding hydrogens is 228 g/mol. The van der Waals surface area contributed by atoms with Crippen molar-refractivity contribution in [3.8, 4) is 0 Å². The van der Waals surface area contributed by atoms with E-state index in [1.165, 1.54) is 0 Å². The minimum absolute atomic E-state index is 0.110. The van der Waals surface area contributed by atoms with Crippen LogP contribution in [0.25, 0.3) is 0 Å². The molecule has 2 aliphatic carbocycles. The Morgan fingerprint density at radius 3 is 2.39 bits per heavy atom. The van der Waals surface area contributed by atoms with Gasteiger partial charge in [-0.2, -0.15) is 0 Å². The van der Waals surface area contributed by atoms with E-state index in [1.807, 2.05) is 13.8 Å². The van der Waals surface area contributed by atoms with Crippen molar-refractivity contribution in [3.05, 3.63) is 11.1 Å². The maximum Gasteiger partial charge on any atom is 0.159 e. The minimum Gasteiger partial charge on any atom is -0.388 e. The Kier molecular flexibility index (Phi) is 2.99. The molecule has 2 N–H and O–H groups in total. The molecule has 0 aliphatic heterocycles. The predicted molar refractivity (Wildman–Crippen MR) is 70.0 cm³/mol. The highest BCUT2D eigenvalue weighted by Gasteiger charge is 2.51. The van der Waals surface area contributed by atoms with Crippen molar-refractivity contribution in [1.82, 2.24) is 0 Å². The first-order chi connectivity index (χ1) is 8.05. The van der Waals surface area contributed by atoms with E-state index < -0.39 is 11.7 Å². The first-order valence-electron chi connectivity index (χ1n) is 6.74. The van der Waals surface area contributed by atoms with Gasteiger partial charge in [-0.25, -0.2) is 0 Å². The summed E-state index contributed by atoms with van der Waals surface area (Å²) in [7, 11) is 0. The summed E-state index contributed by atoms with van der Waals surface area (Å²) in [6.45, 7) is 9.43. The summed E-state index contributed by atoms with van der Waals surface area (Å²) in [6, 6.07) is 0. The Morgan fingerprint density at radius 1 is 1.33 bits per heavy atom. The first kappa shape index (κ1) is 13.8. The number of Topliss-reactive ketones (excluding diaryl/α,β-unsaturated/α-hetero) is 1. The predicted octanol–water partition coefficient (Wildman–Crippen LogP) is 2.07. The van der Waals surface area contributed by atoms with Crippen molar-refractivity contribution in [3.63, 3.8) is 0 Å². The third-order valence-corrected chi connectivity index (χ3v) is 4.57. The molecule has 0 heterocycles. The molecule has 0 aromatic rings. The molecule has 0 aromatic heterocycles. The molecule has 3 unspecified atom stereocenters. The Morgan fingerprint density at radius 2 is 1.89 bits per heavy atom. The van der Waals surface area contributed by atoms with Gasteiger partial charge in [-0.3, -0.25) is 4.79 Å². The molecule has 102 valence electrons. The Balaban J connectivity index is 2.63. The SMILES string of the molecule is CC1CC(=O)C2=C(C(C)(C)O)C(O)C(C)(C)CC21. The van der Waals surface area contributed by atoms with Crippen molar-refractivity contribution in [2.75, 3.05) is 0 Å². The van der Waals surface area contributed by atoms with Crippen molar-refractivity contribution in [1.29, 1.82) is 0 Å². The van der Waals surface area contributed by atoms with Crippen LogP contribution in [0, 0.1) is 17.3 Å². The summed E-state index contributed by atoms with van der Waals surface area (Å²) in [6.07, 6.45) is 0.622. The molecule has 0 saturated heterocycles.